The fourth-order valence-corrected chi connectivity index (χ4v) is 3.36. The van der Waals surface area contributed by atoms with Crippen molar-refractivity contribution >= 4 is 11.3 Å². The monoisotopic (exact) mass is 224 g/mol. The zero-order valence-electron chi connectivity index (χ0n) is 9.28. The molecule has 0 radical (unpaired) electrons. The highest BCUT2D eigenvalue weighted by atomic mass is 32.1. The van der Waals surface area contributed by atoms with E-state index in [1.807, 2.05) is 11.3 Å². The Morgan fingerprint density at radius 1 is 1.60 bits per heavy atom. The van der Waals surface area contributed by atoms with E-state index < -0.39 is 0 Å². The minimum absolute atomic E-state index is 0.324. The first kappa shape index (κ1) is 11.1. The zero-order valence-corrected chi connectivity index (χ0v) is 10.1. The summed E-state index contributed by atoms with van der Waals surface area (Å²) in [5, 5.41) is 5.75. The van der Waals surface area contributed by atoms with Crippen LogP contribution < -0.4 is 11.1 Å². The second kappa shape index (κ2) is 5.10. The maximum Gasteiger partial charge on any atom is 0.0172 e. The van der Waals surface area contributed by atoms with Gasteiger partial charge in [0, 0.05) is 29.4 Å². The smallest absolute Gasteiger partial charge is 0.0172 e. The Labute approximate surface area is 95.9 Å². The van der Waals surface area contributed by atoms with Gasteiger partial charge in [0.15, 0.2) is 0 Å². The molecule has 1 aliphatic rings. The molecule has 1 saturated heterocycles. The van der Waals surface area contributed by atoms with Gasteiger partial charge in [0.05, 0.1) is 0 Å². The van der Waals surface area contributed by atoms with Crippen LogP contribution in [-0.2, 0) is 0 Å². The van der Waals surface area contributed by atoms with E-state index in [-0.39, 0.29) is 0 Å². The normalized spacial score (nSPS) is 31.7. The van der Waals surface area contributed by atoms with Crippen LogP contribution in [0.1, 0.15) is 37.0 Å². The van der Waals surface area contributed by atoms with Crippen LogP contribution in [0.3, 0.4) is 0 Å². The summed E-state index contributed by atoms with van der Waals surface area (Å²) in [6.07, 6.45) is 3.64. The molecule has 3 N–H and O–H groups in total. The molecule has 2 heterocycles. The number of rotatable bonds is 3. The van der Waals surface area contributed by atoms with Gasteiger partial charge in [-0.05, 0) is 24.3 Å². The number of piperidine rings is 1. The maximum atomic E-state index is 6.03. The van der Waals surface area contributed by atoms with E-state index in [0.717, 1.165) is 13.0 Å². The first-order chi connectivity index (χ1) is 7.31. The fourth-order valence-electron chi connectivity index (χ4n) is 2.45. The standard InChI is InChI=1S/C12H20N2S/c1-2-4-11-10(7-9(13)8-14-11)12-5-3-6-15-12/h3,5-6,9-11,14H,2,4,7-8,13H2,1H3. The summed E-state index contributed by atoms with van der Waals surface area (Å²) >= 11 is 1.87. The summed E-state index contributed by atoms with van der Waals surface area (Å²) in [5.74, 6) is 0.633. The van der Waals surface area contributed by atoms with E-state index in [1.165, 1.54) is 17.7 Å². The van der Waals surface area contributed by atoms with E-state index >= 15 is 0 Å². The van der Waals surface area contributed by atoms with Crippen molar-refractivity contribution in [1.82, 2.24) is 5.32 Å². The van der Waals surface area contributed by atoms with Crippen LogP contribution in [0, 0.1) is 0 Å². The van der Waals surface area contributed by atoms with Gasteiger partial charge in [0.1, 0.15) is 0 Å². The molecule has 0 spiro atoms. The van der Waals surface area contributed by atoms with Crippen molar-refractivity contribution < 1.29 is 0 Å². The Balaban J connectivity index is 2.09. The molecule has 0 saturated carbocycles. The van der Waals surface area contributed by atoms with E-state index in [1.54, 1.807) is 0 Å². The molecule has 2 nitrogen and oxygen atoms in total. The Morgan fingerprint density at radius 2 is 2.47 bits per heavy atom. The van der Waals surface area contributed by atoms with Crippen molar-refractivity contribution in [1.29, 1.82) is 0 Å². The van der Waals surface area contributed by atoms with E-state index in [4.69, 9.17) is 5.73 Å². The SMILES string of the molecule is CCCC1NCC(N)CC1c1cccs1. The predicted molar refractivity (Wildman–Crippen MR) is 66.4 cm³/mol. The molecule has 0 aromatic carbocycles. The molecule has 0 amide bonds. The third-order valence-corrected chi connectivity index (χ3v) is 4.20. The van der Waals surface area contributed by atoms with Crippen LogP contribution in [0.15, 0.2) is 17.5 Å². The predicted octanol–water partition coefficient (Wildman–Crippen LogP) is 2.32. The van der Waals surface area contributed by atoms with Gasteiger partial charge >= 0.3 is 0 Å². The summed E-state index contributed by atoms with van der Waals surface area (Å²) < 4.78 is 0. The van der Waals surface area contributed by atoms with Crippen molar-refractivity contribution in [3.05, 3.63) is 22.4 Å². The highest BCUT2D eigenvalue weighted by molar-refractivity contribution is 7.10. The van der Waals surface area contributed by atoms with Gasteiger partial charge in [-0.25, -0.2) is 0 Å². The number of thiophene rings is 1. The lowest BCUT2D eigenvalue weighted by Gasteiger charge is -2.35. The highest BCUT2D eigenvalue weighted by Gasteiger charge is 2.29. The van der Waals surface area contributed by atoms with E-state index in [9.17, 15) is 0 Å². The molecule has 1 aromatic heterocycles. The largest absolute Gasteiger partial charge is 0.327 e. The number of hydrogen-bond donors (Lipinski definition) is 2. The van der Waals surface area contributed by atoms with Gasteiger partial charge in [-0.1, -0.05) is 19.4 Å². The average molecular weight is 224 g/mol. The Morgan fingerprint density at radius 3 is 3.13 bits per heavy atom. The second-order valence-corrected chi connectivity index (χ2v) is 5.40. The van der Waals surface area contributed by atoms with Crippen LogP contribution in [0.2, 0.25) is 0 Å². The molecule has 2 rings (SSSR count). The molecule has 3 heteroatoms. The Hall–Kier alpha value is -0.380. The lowest BCUT2D eigenvalue weighted by molar-refractivity contribution is 0.308. The molecular formula is C12H20N2S. The molecule has 1 aliphatic heterocycles. The van der Waals surface area contributed by atoms with Gasteiger partial charge in [-0.2, -0.15) is 0 Å². The van der Waals surface area contributed by atoms with Crippen LogP contribution in [-0.4, -0.2) is 18.6 Å². The van der Waals surface area contributed by atoms with Gasteiger partial charge in [0.25, 0.3) is 0 Å². The third kappa shape index (κ3) is 2.60. The quantitative estimate of drug-likeness (QED) is 0.827. The molecular weight excluding hydrogens is 204 g/mol. The first-order valence-electron chi connectivity index (χ1n) is 5.83. The van der Waals surface area contributed by atoms with Crippen LogP contribution in [0.5, 0.6) is 0 Å². The molecule has 84 valence electrons. The maximum absolute atomic E-state index is 6.03. The van der Waals surface area contributed by atoms with Crippen molar-refractivity contribution in [3.63, 3.8) is 0 Å². The minimum atomic E-state index is 0.324. The fraction of sp³-hybridized carbons (Fsp3) is 0.667. The van der Waals surface area contributed by atoms with Crippen molar-refractivity contribution in [2.24, 2.45) is 5.73 Å². The summed E-state index contributed by atoms with van der Waals surface area (Å²) in [7, 11) is 0. The number of hydrogen-bond acceptors (Lipinski definition) is 3. The summed E-state index contributed by atoms with van der Waals surface area (Å²) in [4.78, 5) is 1.50. The molecule has 0 aliphatic carbocycles. The van der Waals surface area contributed by atoms with Crippen molar-refractivity contribution in [3.8, 4) is 0 Å². The van der Waals surface area contributed by atoms with Crippen LogP contribution in [0.4, 0.5) is 0 Å². The van der Waals surface area contributed by atoms with Crippen molar-refractivity contribution in [2.45, 2.75) is 44.2 Å². The van der Waals surface area contributed by atoms with E-state index in [2.05, 4.69) is 29.8 Å². The summed E-state index contributed by atoms with van der Waals surface area (Å²) in [5.41, 5.74) is 6.03. The van der Waals surface area contributed by atoms with E-state index in [0.29, 0.717) is 18.0 Å². The molecule has 1 fully saturated rings. The molecule has 3 atom stereocenters. The third-order valence-electron chi connectivity index (χ3n) is 3.19. The number of nitrogens with two attached hydrogens (primary N) is 1. The first-order valence-corrected chi connectivity index (χ1v) is 6.71. The minimum Gasteiger partial charge on any atom is -0.327 e. The van der Waals surface area contributed by atoms with Gasteiger partial charge in [0.2, 0.25) is 0 Å². The van der Waals surface area contributed by atoms with Gasteiger partial charge in [-0.15, -0.1) is 11.3 Å². The number of nitrogens with one attached hydrogen (secondary N) is 1. The van der Waals surface area contributed by atoms with Crippen molar-refractivity contribution in [2.75, 3.05) is 6.54 Å². The van der Waals surface area contributed by atoms with Crippen LogP contribution in [0.25, 0.3) is 0 Å². The van der Waals surface area contributed by atoms with Gasteiger partial charge in [-0.3, -0.25) is 0 Å². The second-order valence-electron chi connectivity index (χ2n) is 4.42. The molecule has 3 unspecified atom stereocenters. The Kier molecular flexibility index (Phi) is 3.78. The zero-order chi connectivity index (χ0) is 10.7. The summed E-state index contributed by atoms with van der Waals surface area (Å²) in [6.45, 7) is 3.23. The van der Waals surface area contributed by atoms with Crippen LogP contribution >= 0.6 is 11.3 Å². The summed E-state index contributed by atoms with van der Waals surface area (Å²) in [6, 6.07) is 5.35. The molecule has 15 heavy (non-hydrogen) atoms. The molecule has 0 bridgehead atoms. The van der Waals surface area contributed by atoms with Gasteiger partial charge < -0.3 is 11.1 Å². The lowest BCUT2D eigenvalue weighted by Crippen LogP contribution is -2.49. The average Bonchev–Trinajstić information content (AvgIpc) is 2.74. The topological polar surface area (TPSA) is 38.0 Å². The Bertz CT molecular complexity index is 284. The lowest BCUT2D eigenvalue weighted by atomic mass is 9.85. The highest BCUT2D eigenvalue weighted by Crippen LogP contribution is 2.32. The molecule has 1 aromatic rings.